The largest absolute Gasteiger partial charge is 0.330 e. The Morgan fingerprint density at radius 1 is 1.24 bits per heavy atom. The molecule has 1 aromatic carbocycles. The average molecular weight is 247 g/mol. The van der Waals surface area contributed by atoms with E-state index in [0.29, 0.717) is 5.88 Å². The summed E-state index contributed by atoms with van der Waals surface area (Å²) in [7, 11) is 0. The molecule has 1 aliphatic carbocycles. The van der Waals surface area contributed by atoms with Crippen molar-refractivity contribution >= 4 is 11.6 Å². The molecule has 0 spiro atoms. The predicted molar refractivity (Wildman–Crippen MR) is 69.4 cm³/mol. The molecule has 0 atom stereocenters. The monoisotopic (exact) mass is 246 g/mol. The van der Waals surface area contributed by atoms with E-state index in [1.54, 1.807) is 0 Å². The van der Waals surface area contributed by atoms with Gasteiger partial charge in [-0.15, -0.1) is 11.6 Å². The lowest BCUT2D eigenvalue weighted by atomic mass is 10.1. The maximum atomic E-state index is 5.85. The Hall–Kier alpha value is -1.28. The third kappa shape index (κ3) is 2.09. The summed E-state index contributed by atoms with van der Waals surface area (Å²) in [6.45, 7) is 0.870. The van der Waals surface area contributed by atoms with Gasteiger partial charge in [-0.2, -0.15) is 0 Å². The van der Waals surface area contributed by atoms with Crippen molar-refractivity contribution in [3.63, 3.8) is 0 Å². The van der Waals surface area contributed by atoms with Crippen molar-refractivity contribution in [1.82, 2.24) is 9.55 Å². The first kappa shape index (κ1) is 10.8. The molecule has 0 radical (unpaired) electrons. The molecular weight excluding hydrogens is 232 g/mol. The summed E-state index contributed by atoms with van der Waals surface area (Å²) in [6, 6.07) is 6.83. The first-order chi connectivity index (χ1) is 8.36. The molecule has 1 aromatic heterocycles. The molecule has 17 heavy (non-hydrogen) atoms. The van der Waals surface area contributed by atoms with Crippen LogP contribution in [0, 0.1) is 0 Å². The second-order valence-electron chi connectivity index (χ2n) is 4.56. The van der Waals surface area contributed by atoms with E-state index in [4.69, 9.17) is 11.6 Å². The van der Waals surface area contributed by atoms with Crippen LogP contribution in [-0.2, 0) is 25.3 Å². The minimum atomic E-state index is 0.470. The fourth-order valence-corrected chi connectivity index (χ4v) is 2.76. The Morgan fingerprint density at radius 2 is 2.12 bits per heavy atom. The highest BCUT2D eigenvalue weighted by Crippen LogP contribution is 2.23. The lowest BCUT2D eigenvalue weighted by Crippen LogP contribution is -2.03. The van der Waals surface area contributed by atoms with Crippen LogP contribution in [0.25, 0.3) is 0 Å². The van der Waals surface area contributed by atoms with Crippen molar-refractivity contribution in [3.05, 3.63) is 53.1 Å². The number of aromatic nitrogens is 2. The minimum absolute atomic E-state index is 0.470. The van der Waals surface area contributed by atoms with Crippen LogP contribution in [0.4, 0.5) is 0 Å². The zero-order chi connectivity index (χ0) is 11.7. The van der Waals surface area contributed by atoms with Gasteiger partial charge in [-0.3, -0.25) is 0 Å². The number of imidazole rings is 1. The summed E-state index contributed by atoms with van der Waals surface area (Å²) in [5.41, 5.74) is 4.39. The first-order valence-electron chi connectivity index (χ1n) is 6.03. The number of hydrogen-bond acceptors (Lipinski definition) is 1. The Labute approximate surface area is 106 Å². The van der Waals surface area contributed by atoms with Gasteiger partial charge in [-0.1, -0.05) is 18.2 Å². The van der Waals surface area contributed by atoms with Crippen LogP contribution in [0.1, 0.15) is 28.9 Å². The molecule has 1 heterocycles. The molecule has 2 aromatic rings. The van der Waals surface area contributed by atoms with E-state index < -0.39 is 0 Å². The lowest BCUT2D eigenvalue weighted by Gasteiger charge is -2.08. The van der Waals surface area contributed by atoms with E-state index in [1.165, 1.54) is 36.0 Å². The molecule has 3 heteroatoms. The van der Waals surface area contributed by atoms with Crippen LogP contribution < -0.4 is 0 Å². The van der Waals surface area contributed by atoms with Crippen molar-refractivity contribution in [3.8, 4) is 0 Å². The molecule has 1 aliphatic rings. The van der Waals surface area contributed by atoms with E-state index in [1.807, 2.05) is 12.4 Å². The molecule has 0 N–H and O–H groups in total. The van der Waals surface area contributed by atoms with Gasteiger partial charge in [0, 0.05) is 18.9 Å². The van der Waals surface area contributed by atoms with E-state index >= 15 is 0 Å². The quantitative estimate of drug-likeness (QED) is 0.761. The molecule has 0 fully saturated rings. The molecule has 0 aliphatic heterocycles. The molecule has 3 rings (SSSR count). The fraction of sp³-hybridized carbons (Fsp3) is 0.357. The highest BCUT2D eigenvalue weighted by molar-refractivity contribution is 6.16. The number of aryl methyl sites for hydroxylation is 2. The Kier molecular flexibility index (Phi) is 2.89. The average Bonchev–Trinajstić information content (AvgIpc) is 2.96. The van der Waals surface area contributed by atoms with Crippen molar-refractivity contribution in [2.75, 3.05) is 0 Å². The van der Waals surface area contributed by atoms with Crippen LogP contribution in [0.2, 0.25) is 0 Å². The van der Waals surface area contributed by atoms with Crippen LogP contribution >= 0.6 is 11.6 Å². The van der Waals surface area contributed by atoms with Crippen molar-refractivity contribution in [1.29, 1.82) is 0 Å². The molecular formula is C14H15ClN2. The van der Waals surface area contributed by atoms with Gasteiger partial charge in [0.25, 0.3) is 0 Å². The molecule has 0 amide bonds. The van der Waals surface area contributed by atoms with Gasteiger partial charge in [-0.05, 0) is 36.0 Å². The van der Waals surface area contributed by atoms with E-state index in [0.717, 1.165) is 12.4 Å². The summed E-state index contributed by atoms with van der Waals surface area (Å²) in [5.74, 6) is 1.41. The van der Waals surface area contributed by atoms with Gasteiger partial charge >= 0.3 is 0 Å². The summed E-state index contributed by atoms with van der Waals surface area (Å²) in [5, 5.41) is 0. The van der Waals surface area contributed by atoms with Gasteiger partial charge < -0.3 is 4.57 Å². The summed E-state index contributed by atoms with van der Waals surface area (Å²) >= 11 is 5.85. The lowest BCUT2D eigenvalue weighted by molar-refractivity contribution is 0.754. The van der Waals surface area contributed by atoms with Crippen LogP contribution in [0.5, 0.6) is 0 Å². The number of nitrogens with zero attached hydrogens (tertiary/aromatic N) is 2. The number of fused-ring (bicyclic) bond motifs is 1. The zero-order valence-corrected chi connectivity index (χ0v) is 10.5. The molecule has 0 unspecified atom stereocenters. The Balaban J connectivity index is 1.86. The molecule has 88 valence electrons. The smallest absolute Gasteiger partial charge is 0.123 e. The third-order valence-electron chi connectivity index (χ3n) is 3.44. The standard InChI is InChI=1S/C14H15ClN2/c15-9-14-16-6-7-17(14)10-11-4-5-12-2-1-3-13(12)8-11/h4-8H,1-3,9-10H2. The summed E-state index contributed by atoms with van der Waals surface area (Å²) in [6.07, 6.45) is 7.58. The van der Waals surface area contributed by atoms with E-state index in [2.05, 4.69) is 27.8 Å². The predicted octanol–water partition coefficient (Wildman–Crippen LogP) is 3.16. The normalized spacial score (nSPS) is 13.9. The van der Waals surface area contributed by atoms with Crippen molar-refractivity contribution in [2.24, 2.45) is 0 Å². The maximum absolute atomic E-state index is 5.85. The number of alkyl halides is 1. The van der Waals surface area contributed by atoms with E-state index in [-0.39, 0.29) is 0 Å². The van der Waals surface area contributed by atoms with Crippen LogP contribution in [-0.4, -0.2) is 9.55 Å². The third-order valence-corrected chi connectivity index (χ3v) is 3.68. The van der Waals surface area contributed by atoms with Crippen molar-refractivity contribution < 1.29 is 0 Å². The van der Waals surface area contributed by atoms with Gasteiger partial charge in [0.1, 0.15) is 5.82 Å². The van der Waals surface area contributed by atoms with Crippen LogP contribution in [0.15, 0.2) is 30.6 Å². The Bertz CT molecular complexity index is 531. The number of rotatable bonds is 3. The topological polar surface area (TPSA) is 17.8 Å². The first-order valence-corrected chi connectivity index (χ1v) is 6.57. The van der Waals surface area contributed by atoms with Crippen LogP contribution in [0.3, 0.4) is 0 Å². The number of halogens is 1. The molecule has 2 nitrogen and oxygen atoms in total. The number of hydrogen-bond donors (Lipinski definition) is 0. The summed E-state index contributed by atoms with van der Waals surface area (Å²) < 4.78 is 2.11. The molecule has 0 saturated heterocycles. The van der Waals surface area contributed by atoms with Gasteiger partial charge in [-0.25, -0.2) is 4.98 Å². The fourth-order valence-electron chi connectivity index (χ4n) is 2.54. The summed E-state index contributed by atoms with van der Waals surface area (Å²) in [4.78, 5) is 4.23. The highest BCUT2D eigenvalue weighted by atomic mass is 35.5. The Morgan fingerprint density at radius 3 is 3.00 bits per heavy atom. The minimum Gasteiger partial charge on any atom is -0.330 e. The van der Waals surface area contributed by atoms with Gasteiger partial charge in [0.15, 0.2) is 0 Å². The van der Waals surface area contributed by atoms with Crippen molar-refractivity contribution in [2.45, 2.75) is 31.7 Å². The number of benzene rings is 1. The molecule has 0 bridgehead atoms. The maximum Gasteiger partial charge on any atom is 0.123 e. The van der Waals surface area contributed by atoms with Gasteiger partial charge in [0.05, 0.1) is 5.88 Å². The molecule has 0 saturated carbocycles. The highest BCUT2D eigenvalue weighted by Gasteiger charge is 2.11. The zero-order valence-electron chi connectivity index (χ0n) is 9.69. The van der Waals surface area contributed by atoms with E-state index in [9.17, 15) is 0 Å². The SMILES string of the molecule is ClCc1nccn1Cc1ccc2c(c1)CCC2. The van der Waals surface area contributed by atoms with Gasteiger partial charge in [0.2, 0.25) is 0 Å². The second kappa shape index (κ2) is 4.53. The second-order valence-corrected chi connectivity index (χ2v) is 4.83.